The zero-order valence-electron chi connectivity index (χ0n) is 13.7. The number of piperazine rings is 1. The molecule has 0 bridgehead atoms. The number of hydrogen-bond acceptors (Lipinski definition) is 3. The van der Waals surface area contributed by atoms with Crippen molar-refractivity contribution in [2.45, 2.75) is 13.0 Å². The first-order chi connectivity index (χ1) is 11.2. The van der Waals surface area contributed by atoms with Crippen LogP contribution < -0.4 is 9.64 Å². The molecule has 4 heteroatoms. The van der Waals surface area contributed by atoms with Crippen molar-refractivity contribution in [2.75, 3.05) is 38.2 Å². The van der Waals surface area contributed by atoms with Crippen LogP contribution in [0.2, 0.25) is 5.02 Å². The fourth-order valence-corrected chi connectivity index (χ4v) is 3.55. The number of methoxy groups -OCH3 is 1. The van der Waals surface area contributed by atoms with Crippen molar-refractivity contribution >= 4 is 17.3 Å². The summed E-state index contributed by atoms with van der Waals surface area (Å²) in [7, 11) is 1.73. The zero-order valence-corrected chi connectivity index (χ0v) is 14.5. The number of halogens is 1. The van der Waals surface area contributed by atoms with Crippen molar-refractivity contribution in [1.29, 1.82) is 0 Å². The van der Waals surface area contributed by atoms with E-state index in [1.54, 1.807) is 7.11 Å². The smallest absolute Gasteiger partial charge is 0.142 e. The van der Waals surface area contributed by atoms with Gasteiger partial charge in [0, 0.05) is 37.2 Å². The third kappa shape index (κ3) is 3.46. The number of benzene rings is 2. The zero-order chi connectivity index (χ0) is 16.2. The summed E-state index contributed by atoms with van der Waals surface area (Å²) in [6, 6.07) is 16.7. The summed E-state index contributed by atoms with van der Waals surface area (Å²) < 4.78 is 5.49. The Morgan fingerprint density at radius 1 is 0.957 bits per heavy atom. The molecule has 1 fully saturated rings. The number of hydrogen-bond donors (Lipinski definition) is 0. The first-order valence-corrected chi connectivity index (χ1v) is 8.45. The second-order valence-corrected chi connectivity index (χ2v) is 6.30. The molecule has 1 saturated heterocycles. The Hall–Kier alpha value is -1.71. The highest BCUT2D eigenvalue weighted by Gasteiger charge is 2.24. The lowest BCUT2D eigenvalue weighted by Gasteiger charge is -2.39. The molecule has 2 aromatic rings. The predicted octanol–water partition coefficient (Wildman–Crippen LogP) is 4.23. The van der Waals surface area contributed by atoms with Gasteiger partial charge in [-0.15, -0.1) is 0 Å². The molecule has 0 aliphatic carbocycles. The van der Waals surface area contributed by atoms with Gasteiger partial charge in [-0.05, 0) is 30.7 Å². The Morgan fingerprint density at radius 3 is 2.30 bits per heavy atom. The first kappa shape index (κ1) is 16.2. The van der Waals surface area contributed by atoms with E-state index in [9.17, 15) is 0 Å². The van der Waals surface area contributed by atoms with Gasteiger partial charge in [-0.25, -0.2) is 0 Å². The van der Waals surface area contributed by atoms with Crippen molar-refractivity contribution in [3.05, 3.63) is 59.1 Å². The van der Waals surface area contributed by atoms with Crippen molar-refractivity contribution in [3.8, 4) is 5.75 Å². The predicted molar refractivity (Wildman–Crippen MR) is 96.6 cm³/mol. The highest BCUT2D eigenvalue weighted by Crippen LogP contribution is 2.31. The van der Waals surface area contributed by atoms with E-state index in [1.807, 2.05) is 24.3 Å². The Kier molecular flexibility index (Phi) is 5.09. The van der Waals surface area contributed by atoms with E-state index in [0.29, 0.717) is 6.04 Å². The molecule has 0 amide bonds. The van der Waals surface area contributed by atoms with Crippen molar-refractivity contribution in [3.63, 3.8) is 0 Å². The average molecular weight is 331 g/mol. The van der Waals surface area contributed by atoms with Crippen LogP contribution in [0.25, 0.3) is 0 Å². The molecule has 0 N–H and O–H groups in total. The minimum Gasteiger partial charge on any atom is -0.495 e. The third-order valence-electron chi connectivity index (χ3n) is 4.64. The summed E-state index contributed by atoms with van der Waals surface area (Å²) in [5.41, 5.74) is 2.39. The Morgan fingerprint density at radius 2 is 1.61 bits per heavy atom. The minimum absolute atomic E-state index is 0.337. The lowest BCUT2D eigenvalue weighted by atomic mass is 10.1. The molecular formula is C19H23ClN2O. The van der Waals surface area contributed by atoms with Gasteiger partial charge in [0.25, 0.3) is 0 Å². The molecule has 1 unspecified atom stereocenters. The lowest BCUT2D eigenvalue weighted by molar-refractivity contribution is 0.198. The first-order valence-electron chi connectivity index (χ1n) is 8.07. The molecule has 0 aromatic heterocycles. The largest absolute Gasteiger partial charge is 0.495 e. The molecule has 122 valence electrons. The third-order valence-corrected chi connectivity index (χ3v) is 4.99. The van der Waals surface area contributed by atoms with E-state index in [1.165, 1.54) is 11.3 Å². The maximum atomic E-state index is 6.35. The highest BCUT2D eigenvalue weighted by atomic mass is 35.5. The van der Waals surface area contributed by atoms with E-state index in [0.717, 1.165) is 37.0 Å². The summed E-state index contributed by atoms with van der Waals surface area (Å²) in [6.07, 6.45) is 0. The number of para-hydroxylation sites is 2. The molecule has 0 spiro atoms. The second kappa shape index (κ2) is 7.24. The van der Waals surface area contributed by atoms with Crippen LogP contribution in [-0.4, -0.2) is 38.2 Å². The van der Waals surface area contributed by atoms with Crippen LogP contribution >= 0.6 is 11.6 Å². The molecule has 2 aromatic carbocycles. The van der Waals surface area contributed by atoms with Gasteiger partial charge in [-0.2, -0.15) is 0 Å². The molecule has 1 heterocycles. The average Bonchev–Trinajstić information content (AvgIpc) is 2.61. The van der Waals surface area contributed by atoms with Gasteiger partial charge in [0.15, 0.2) is 0 Å². The van der Waals surface area contributed by atoms with Gasteiger partial charge in [-0.1, -0.05) is 41.9 Å². The van der Waals surface area contributed by atoms with Gasteiger partial charge in [0.05, 0.1) is 12.8 Å². The Bertz CT molecular complexity index is 653. The highest BCUT2D eigenvalue weighted by molar-refractivity contribution is 6.31. The summed E-state index contributed by atoms with van der Waals surface area (Å²) in [4.78, 5) is 4.89. The van der Waals surface area contributed by atoms with Gasteiger partial charge in [-0.3, -0.25) is 4.90 Å². The van der Waals surface area contributed by atoms with E-state index >= 15 is 0 Å². The summed E-state index contributed by atoms with van der Waals surface area (Å²) >= 11 is 6.35. The van der Waals surface area contributed by atoms with Gasteiger partial charge in [0.1, 0.15) is 5.75 Å². The molecule has 3 nitrogen and oxygen atoms in total. The maximum absolute atomic E-state index is 6.35. The Balaban J connectivity index is 1.68. The van der Waals surface area contributed by atoms with Crippen LogP contribution in [0.15, 0.2) is 48.5 Å². The molecule has 0 saturated carbocycles. The molecular weight excluding hydrogens is 308 g/mol. The van der Waals surface area contributed by atoms with Gasteiger partial charge >= 0.3 is 0 Å². The standard InChI is InChI=1S/C19H23ClN2O/c1-15(16-7-3-4-8-17(16)20)21-11-13-22(14-12-21)18-9-5-6-10-19(18)23-2/h3-10,15H,11-14H2,1-2H3. The van der Waals surface area contributed by atoms with Crippen LogP contribution in [0.3, 0.4) is 0 Å². The van der Waals surface area contributed by atoms with Crippen molar-refractivity contribution < 1.29 is 4.74 Å². The number of anilines is 1. The topological polar surface area (TPSA) is 15.7 Å². The van der Waals surface area contributed by atoms with E-state index in [4.69, 9.17) is 16.3 Å². The SMILES string of the molecule is COc1ccccc1N1CCN(C(C)c2ccccc2Cl)CC1. The second-order valence-electron chi connectivity index (χ2n) is 5.89. The lowest BCUT2D eigenvalue weighted by Crippen LogP contribution is -2.47. The van der Waals surface area contributed by atoms with Crippen molar-refractivity contribution in [2.24, 2.45) is 0 Å². The number of rotatable bonds is 4. The maximum Gasteiger partial charge on any atom is 0.142 e. The molecule has 1 aliphatic rings. The van der Waals surface area contributed by atoms with Crippen LogP contribution in [0.5, 0.6) is 5.75 Å². The molecule has 1 aliphatic heterocycles. The van der Waals surface area contributed by atoms with E-state index in [-0.39, 0.29) is 0 Å². The normalized spacial score (nSPS) is 17.1. The monoisotopic (exact) mass is 330 g/mol. The van der Waals surface area contributed by atoms with Crippen molar-refractivity contribution in [1.82, 2.24) is 4.90 Å². The van der Waals surface area contributed by atoms with Crippen LogP contribution in [0.1, 0.15) is 18.5 Å². The minimum atomic E-state index is 0.337. The molecule has 23 heavy (non-hydrogen) atoms. The van der Waals surface area contributed by atoms with Crippen LogP contribution in [-0.2, 0) is 0 Å². The molecule has 0 radical (unpaired) electrons. The van der Waals surface area contributed by atoms with Gasteiger partial charge in [0.2, 0.25) is 0 Å². The summed E-state index contributed by atoms with van der Waals surface area (Å²) in [5, 5.41) is 0.854. The Labute approximate surface area is 143 Å². The van der Waals surface area contributed by atoms with E-state index < -0.39 is 0 Å². The number of ether oxygens (including phenoxy) is 1. The molecule has 3 rings (SSSR count). The van der Waals surface area contributed by atoms with Crippen LogP contribution in [0, 0.1) is 0 Å². The number of nitrogens with zero attached hydrogens (tertiary/aromatic N) is 2. The van der Waals surface area contributed by atoms with Gasteiger partial charge < -0.3 is 9.64 Å². The summed E-state index contributed by atoms with van der Waals surface area (Å²) in [6.45, 7) is 6.26. The fourth-order valence-electron chi connectivity index (χ4n) is 3.25. The molecule has 1 atom stereocenters. The quantitative estimate of drug-likeness (QED) is 0.834. The van der Waals surface area contributed by atoms with Crippen LogP contribution in [0.4, 0.5) is 5.69 Å². The fraction of sp³-hybridized carbons (Fsp3) is 0.368. The summed E-state index contributed by atoms with van der Waals surface area (Å²) in [5.74, 6) is 0.945. The van der Waals surface area contributed by atoms with E-state index in [2.05, 4.69) is 41.0 Å².